The van der Waals surface area contributed by atoms with Gasteiger partial charge in [-0.1, -0.05) is 23.7 Å². The van der Waals surface area contributed by atoms with Crippen molar-refractivity contribution in [1.82, 2.24) is 0 Å². The number of halogens is 2. The highest BCUT2D eigenvalue weighted by Crippen LogP contribution is 2.11. The minimum atomic E-state index is -0.253. The third-order valence-corrected chi connectivity index (χ3v) is 1.99. The SMILES string of the molecule is CC(Br)OC(=O)Cc1ccc(Cl)cc1. The van der Waals surface area contributed by atoms with Crippen LogP contribution in [0.2, 0.25) is 5.02 Å². The number of alkyl halides is 1. The van der Waals surface area contributed by atoms with E-state index < -0.39 is 0 Å². The number of hydrogen-bond acceptors (Lipinski definition) is 2. The van der Waals surface area contributed by atoms with Crippen molar-refractivity contribution in [3.8, 4) is 0 Å². The maximum absolute atomic E-state index is 11.2. The molecule has 0 fully saturated rings. The molecular weight excluding hydrogens is 267 g/mol. The molecule has 0 aliphatic carbocycles. The quantitative estimate of drug-likeness (QED) is 0.626. The Labute approximate surface area is 96.3 Å². The normalized spacial score (nSPS) is 12.2. The van der Waals surface area contributed by atoms with Crippen LogP contribution in [-0.4, -0.2) is 11.0 Å². The lowest BCUT2D eigenvalue weighted by Crippen LogP contribution is -2.11. The third-order valence-electron chi connectivity index (χ3n) is 1.56. The zero-order chi connectivity index (χ0) is 10.6. The van der Waals surface area contributed by atoms with Crippen LogP contribution in [0.5, 0.6) is 0 Å². The molecule has 1 aromatic carbocycles. The molecule has 0 saturated heterocycles. The van der Waals surface area contributed by atoms with Gasteiger partial charge in [0.05, 0.1) is 6.42 Å². The van der Waals surface area contributed by atoms with E-state index in [-0.39, 0.29) is 17.4 Å². The summed E-state index contributed by atoms with van der Waals surface area (Å²) in [6, 6.07) is 7.12. The van der Waals surface area contributed by atoms with E-state index in [2.05, 4.69) is 15.9 Å². The molecule has 1 rings (SSSR count). The Morgan fingerprint density at radius 2 is 2.07 bits per heavy atom. The van der Waals surface area contributed by atoms with E-state index in [1.54, 1.807) is 19.1 Å². The van der Waals surface area contributed by atoms with Crippen LogP contribution in [0.3, 0.4) is 0 Å². The van der Waals surface area contributed by atoms with Crippen LogP contribution in [0, 0.1) is 0 Å². The van der Waals surface area contributed by atoms with Crippen molar-refractivity contribution in [2.75, 3.05) is 0 Å². The molecule has 0 heterocycles. The molecule has 1 unspecified atom stereocenters. The standard InChI is InChI=1S/C10H10BrClO2/c1-7(11)14-10(13)6-8-2-4-9(12)5-3-8/h2-5,7H,6H2,1H3. The van der Waals surface area contributed by atoms with E-state index in [1.165, 1.54) is 0 Å². The van der Waals surface area contributed by atoms with Crippen LogP contribution in [0.15, 0.2) is 24.3 Å². The topological polar surface area (TPSA) is 26.3 Å². The molecule has 0 aliphatic rings. The van der Waals surface area contributed by atoms with E-state index in [9.17, 15) is 4.79 Å². The van der Waals surface area contributed by atoms with Gasteiger partial charge >= 0.3 is 5.97 Å². The van der Waals surface area contributed by atoms with Gasteiger partial charge in [-0.05, 0) is 40.5 Å². The fraction of sp³-hybridized carbons (Fsp3) is 0.300. The van der Waals surface area contributed by atoms with Crippen LogP contribution in [-0.2, 0) is 16.0 Å². The molecule has 2 nitrogen and oxygen atoms in total. The minimum absolute atomic E-state index is 0.248. The number of esters is 1. The van der Waals surface area contributed by atoms with Gasteiger partial charge in [0.15, 0.2) is 5.01 Å². The molecule has 4 heteroatoms. The summed E-state index contributed by atoms with van der Waals surface area (Å²) in [7, 11) is 0. The average Bonchev–Trinajstić information content (AvgIpc) is 2.07. The van der Waals surface area contributed by atoms with E-state index in [4.69, 9.17) is 16.3 Å². The lowest BCUT2D eigenvalue weighted by molar-refractivity contribution is -0.143. The lowest BCUT2D eigenvalue weighted by Gasteiger charge is -2.06. The third kappa shape index (κ3) is 4.11. The second-order valence-electron chi connectivity index (χ2n) is 2.84. The largest absolute Gasteiger partial charge is 0.451 e. The van der Waals surface area contributed by atoms with E-state index in [0.717, 1.165) is 5.56 Å². The van der Waals surface area contributed by atoms with Crippen molar-refractivity contribution in [1.29, 1.82) is 0 Å². The number of hydrogen-bond donors (Lipinski definition) is 0. The summed E-state index contributed by atoms with van der Waals surface area (Å²) < 4.78 is 4.93. The van der Waals surface area contributed by atoms with Gasteiger partial charge in [-0.25, -0.2) is 0 Å². The predicted molar refractivity (Wildman–Crippen MR) is 59.6 cm³/mol. The van der Waals surface area contributed by atoms with Crippen molar-refractivity contribution in [3.05, 3.63) is 34.9 Å². The minimum Gasteiger partial charge on any atom is -0.451 e. The summed E-state index contributed by atoms with van der Waals surface area (Å²) >= 11 is 8.84. The first-order valence-electron chi connectivity index (χ1n) is 4.16. The molecule has 14 heavy (non-hydrogen) atoms. The van der Waals surface area contributed by atoms with Crippen LogP contribution in [0.1, 0.15) is 12.5 Å². The zero-order valence-corrected chi connectivity index (χ0v) is 10.0. The molecule has 0 amide bonds. The number of rotatable bonds is 3. The first kappa shape index (κ1) is 11.5. The Hall–Kier alpha value is -0.540. The predicted octanol–water partition coefficient (Wildman–Crippen LogP) is 3.17. The molecule has 0 radical (unpaired) electrons. The van der Waals surface area contributed by atoms with Gasteiger partial charge in [-0.15, -0.1) is 0 Å². The average molecular weight is 278 g/mol. The Morgan fingerprint density at radius 3 is 2.57 bits per heavy atom. The molecule has 0 spiro atoms. The monoisotopic (exact) mass is 276 g/mol. The van der Waals surface area contributed by atoms with Gasteiger partial charge in [0, 0.05) is 5.02 Å². The molecular formula is C10H10BrClO2. The summed E-state index contributed by atoms with van der Waals surface area (Å²) in [5, 5.41) is 0.415. The van der Waals surface area contributed by atoms with Crippen LogP contribution >= 0.6 is 27.5 Å². The highest BCUT2D eigenvalue weighted by molar-refractivity contribution is 9.09. The van der Waals surface area contributed by atoms with Crippen molar-refractivity contribution >= 4 is 33.5 Å². The van der Waals surface area contributed by atoms with Gasteiger partial charge in [-0.2, -0.15) is 0 Å². The van der Waals surface area contributed by atoms with E-state index >= 15 is 0 Å². The highest BCUT2D eigenvalue weighted by atomic mass is 79.9. The van der Waals surface area contributed by atoms with E-state index in [1.807, 2.05) is 12.1 Å². The molecule has 0 aromatic heterocycles. The van der Waals surface area contributed by atoms with Gasteiger partial charge in [-0.3, -0.25) is 4.79 Å². The highest BCUT2D eigenvalue weighted by Gasteiger charge is 2.07. The van der Waals surface area contributed by atoms with Crippen LogP contribution in [0.25, 0.3) is 0 Å². The summed E-state index contributed by atoms with van der Waals surface area (Å²) in [6.07, 6.45) is 0.271. The Balaban J connectivity index is 2.52. The van der Waals surface area contributed by atoms with Gasteiger partial charge in [0.1, 0.15) is 0 Å². The first-order valence-corrected chi connectivity index (χ1v) is 5.45. The Kier molecular flexibility index (Phi) is 4.42. The first-order chi connectivity index (χ1) is 6.58. The van der Waals surface area contributed by atoms with Crippen LogP contribution in [0.4, 0.5) is 0 Å². The summed E-state index contributed by atoms with van der Waals surface area (Å²) in [4.78, 5) is 11.2. The maximum Gasteiger partial charge on any atom is 0.311 e. The second-order valence-corrected chi connectivity index (χ2v) is 4.56. The van der Waals surface area contributed by atoms with Gasteiger partial charge in [0.25, 0.3) is 0 Å². The zero-order valence-electron chi connectivity index (χ0n) is 7.67. The maximum atomic E-state index is 11.2. The summed E-state index contributed by atoms with van der Waals surface area (Å²) in [5.41, 5.74) is 0.896. The number of ether oxygens (including phenoxy) is 1. The molecule has 0 saturated carbocycles. The number of benzene rings is 1. The summed E-state index contributed by atoms with van der Waals surface area (Å²) in [5.74, 6) is -0.253. The molecule has 0 bridgehead atoms. The number of carbonyl (C=O) groups excluding carboxylic acids is 1. The molecule has 0 N–H and O–H groups in total. The van der Waals surface area contributed by atoms with E-state index in [0.29, 0.717) is 5.02 Å². The van der Waals surface area contributed by atoms with Crippen molar-refractivity contribution in [2.24, 2.45) is 0 Å². The second kappa shape index (κ2) is 5.37. The molecule has 1 aromatic rings. The lowest BCUT2D eigenvalue weighted by atomic mass is 10.2. The van der Waals surface area contributed by atoms with Gasteiger partial charge < -0.3 is 4.74 Å². The molecule has 76 valence electrons. The van der Waals surface area contributed by atoms with Crippen molar-refractivity contribution in [2.45, 2.75) is 18.4 Å². The van der Waals surface area contributed by atoms with Crippen molar-refractivity contribution < 1.29 is 9.53 Å². The fourth-order valence-electron chi connectivity index (χ4n) is 0.992. The smallest absolute Gasteiger partial charge is 0.311 e. The molecule has 1 atom stereocenters. The van der Waals surface area contributed by atoms with Crippen molar-refractivity contribution in [3.63, 3.8) is 0 Å². The number of carbonyl (C=O) groups is 1. The Bertz CT molecular complexity index is 308. The molecule has 0 aliphatic heterocycles. The van der Waals surface area contributed by atoms with Gasteiger partial charge in [0.2, 0.25) is 0 Å². The Morgan fingerprint density at radius 1 is 1.50 bits per heavy atom. The van der Waals surface area contributed by atoms with Crippen LogP contribution < -0.4 is 0 Å². The summed E-state index contributed by atoms with van der Waals surface area (Å²) in [6.45, 7) is 1.75. The fourth-order valence-corrected chi connectivity index (χ4v) is 1.33.